The van der Waals surface area contributed by atoms with Crippen LogP contribution in [-0.2, 0) is 26.8 Å². The van der Waals surface area contributed by atoms with Crippen molar-refractivity contribution in [2.45, 2.75) is 32.7 Å². The monoisotopic (exact) mass is 463 g/mol. The lowest BCUT2D eigenvalue weighted by Crippen LogP contribution is -2.24. The maximum Gasteiger partial charge on any atom is 0.251 e. The molecule has 0 fully saturated rings. The van der Waals surface area contributed by atoms with Crippen LogP contribution in [0.4, 0.5) is 10.1 Å². The zero-order chi connectivity index (χ0) is 23.6. The summed E-state index contributed by atoms with van der Waals surface area (Å²) >= 11 is 6.24. The van der Waals surface area contributed by atoms with Crippen molar-refractivity contribution < 1.29 is 17.6 Å². The summed E-state index contributed by atoms with van der Waals surface area (Å²) in [6.45, 7) is 9.69. The highest BCUT2D eigenvalue weighted by Crippen LogP contribution is 2.27. The molecule has 0 saturated carbocycles. The minimum Gasteiger partial charge on any atom is -0.348 e. The smallest absolute Gasteiger partial charge is 0.251 e. The quantitative estimate of drug-likeness (QED) is 0.387. The normalized spacial score (nSPS) is 11.5. The molecule has 1 heterocycles. The summed E-state index contributed by atoms with van der Waals surface area (Å²) in [5.41, 5.74) is 1.09. The van der Waals surface area contributed by atoms with Crippen LogP contribution in [0.2, 0.25) is 5.15 Å². The minimum atomic E-state index is -3.71. The third-order valence-electron chi connectivity index (χ3n) is 4.26. The lowest BCUT2D eigenvalue weighted by molar-refractivity contribution is -0.115. The molecule has 0 saturated heterocycles. The first-order valence-electron chi connectivity index (χ1n) is 9.14. The number of anilines is 1. The predicted molar refractivity (Wildman–Crippen MR) is 122 cm³/mol. The van der Waals surface area contributed by atoms with Crippen LogP contribution in [-0.4, -0.2) is 25.6 Å². The van der Waals surface area contributed by atoms with Crippen molar-refractivity contribution in [3.8, 4) is 12.3 Å². The van der Waals surface area contributed by atoms with Crippen LogP contribution in [0.5, 0.6) is 0 Å². The van der Waals surface area contributed by atoms with E-state index in [4.69, 9.17) is 18.0 Å². The molecule has 0 atom stereocenters. The van der Waals surface area contributed by atoms with E-state index in [2.05, 4.69) is 27.5 Å². The molecular formula is C22H23ClFN3O3S. The number of benzene rings is 1. The number of hydrogen-bond acceptors (Lipinski definition) is 4. The van der Waals surface area contributed by atoms with Gasteiger partial charge in [0.25, 0.3) is 5.91 Å². The molecule has 0 aliphatic heterocycles. The van der Waals surface area contributed by atoms with Gasteiger partial charge in [-0.25, -0.2) is 17.8 Å². The van der Waals surface area contributed by atoms with Gasteiger partial charge in [0.05, 0.1) is 17.5 Å². The Labute approximate surface area is 187 Å². The van der Waals surface area contributed by atoms with E-state index in [1.165, 1.54) is 6.07 Å². The summed E-state index contributed by atoms with van der Waals surface area (Å²) < 4.78 is 39.2. The predicted octanol–water partition coefficient (Wildman–Crippen LogP) is 3.85. The Balaban J connectivity index is 2.18. The van der Waals surface area contributed by atoms with E-state index >= 15 is 0 Å². The number of nitrogens with one attached hydrogen (secondary N) is 2. The van der Waals surface area contributed by atoms with E-state index in [1.54, 1.807) is 12.1 Å². The Hall–Kier alpha value is -2.89. The Morgan fingerprint density at radius 1 is 1.32 bits per heavy atom. The molecule has 164 valence electrons. The summed E-state index contributed by atoms with van der Waals surface area (Å²) in [6.07, 6.45) is 6.26. The van der Waals surface area contributed by atoms with E-state index in [0.717, 1.165) is 18.0 Å². The summed E-state index contributed by atoms with van der Waals surface area (Å²) in [5, 5.41) is 2.77. The third kappa shape index (κ3) is 6.29. The van der Waals surface area contributed by atoms with Gasteiger partial charge < -0.3 is 5.32 Å². The van der Waals surface area contributed by atoms with E-state index in [-0.39, 0.29) is 33.9 Å². The van der Waals surface area contributed by atoms with Crippen molar-refractivity contribution in [2.24, 2.45) is 0 Å². The van der Waals surface area contributed by atoms with Gasteiger partial charge in [-0.05, 0) is 29.8 Å². The first kappa shape index (κ1) is 24.4. The lowest BCUT2D eigenvalue weighted by atomic mass is 9.91. The Morgan fingerprint density at radius 3 is 2.48 bits per heavy atom. The maximum absolute atomic E-state index is 14.4. The van der Waals surface area contributed by atoms with Crippen LogP contribution in [0.3, 0.4) is 0 Å². The van der Waals surface area contributed by atoms with Crippen molar-refractivity contribution >= 4 is 38.8 Å². The average Bonchev–Trinajstić information content (AvgIpc) is 2.65. The first-order chi connectivity index (χ1) is 14.2. The van der Waals surface area contributed by atoms with Gasteiger partial charge in [-0.3, -0.25) is 9.52 Å². The largest absolute Gasteiger partial charge is 0.348 e. The molecule has 2 N–H and O–H groups in total. The average molecular weight is 464 g/mol. The minimum absolute atomic E-state index is 0.0125. The topological polar surface area (TPSA) is 88.2 Å². The molecule has 31 heavy (non-hydrogen) atoms. The number of carbonyl (C=O) groups is 1. The second-order valence-corrected chi connectivity index (χ2v) is 10.1. The summed E-state index contributed by atoms with van der Waals surface area (Å²) in [6, 6.07) is 5.96. The SMILES string of the molecule is C#Cc1cc(CNC(=O)C(=C)c2ccc(C(C)(C)C)nc2Cl)cc(F)c1NS(C)(=O)=O. The number of aromatic nitrogens is 1. The lowest BCUT2D eigenvalue weighted by Gasteiger charge is -2.19. The highest BCUT2D eigenvalue weighted by molar-refractivity contribution is 7.92. The molecule has 0 bridgehead atoms. The second kappa shape index (κ2) is 9.08. The summed E-state index contributed by atoms with van der Waals surface area (Å²) in [5.74, 6) is 0.865. The zero-order valence-corrected chi connectivity index (χ0v) is 19.2. The van der Waals surface area contributed by atoms with Gasteiger partial charge in [-0.2, -0.15) is 0 Å². The number of nitrogens with zero attached hydrogens (tertiary/aromatic N) is 1. The molecule has 9 heteroatoms. The Morgan fingerprint density at radius 2 is 1.97 bits per heavy atom. The standard InChI is InChI=1S/C22H23ClFN3O3S/c1-7-15-10-14(11-17(24)19(15)27-31(6,29)30)12-25-21(28)13(2)16-8-9-18(22(3,4)5)26-20(16)23/h1,8-11,27H,2,12H2,3-6H3,(H,25,28). The molecule has 1 aromatic heterocycles. The van der Waals surface area contributed by atoms with Crippen molar-refractivity contribution in [1.29, 1.82) is 0 Å². The van der Waals surface area contributed by atoms with Gasteiger partial charge in [-0.15, -0.1) is 6.42 Å². The summed E-state index contributed by atoms with van der Waals surface area (Å²) in [7, 11) is -3.71. The van der Waals surface area contributed by atoms with Gasteiger partial charge in [0, 0.05) is 28.8 Å². The van der Waals surface area contributed by atoms with Crippen LogP contribution < -0.4 is 10.0 Å². The van der Waals surface area contributed by atoms with E-state index < -0.39 is 21.7 Å². The number of hydrogen-bond donors (Lipinski definition) is 2. The number of halogens is 2. The van der Waals surface area contributed by atoms with E-state index in [1.807, 2.05) is 20.8 Å². The number of pyridine rings is 1. The zero-order valence-electron chi connectivity index (χ0n) is 17.6. The first-order valence-corrected chi connectivity index (χ1v) is 11.4. The fraction of sp³-hybridized carbons (Fsp3) is 0.273. The van der Waals surface area contributed by atoms with Crippen molar-refractivity contribution in [1.82, 2.24) is 10.3 Å². The van der Waals surface area contributed by atoms with Gasteiger partial charge >= 0.3 is 0 Å². The van der Waals surface area contributed by atoms with E-state index in [0.29, 0.717) is 11.1 Å². The van der Waals surface area contributed by atoms with Crippen molar-refractivity contribution in [3.63, 3.8) is 0 Å². The third-order valence-corrected chi connectivity index (χ3v) is 5.13. The number of terminal acetylenes is 1. The molecule has 0 spiro atoms. The van der Waals surface area contributed by atoms with Crippen molar-refractivity contribution in [3.05, 3.63) is 64.2 Å². The van der Waals surface area contributed by atoms with Gasteiger partial charge in [0.1, 0.15) is 11.0 Å². The van der Waals surface area contributed by atoms with Crippen LogP contribution >= 0.6 is 11.6 Å². The Kier molecular flexibility index (Phi) is 7.14. The van der Waals surface area contributed by atoms with Crippen LogP contribution in [0, 0.1) is 18.2 Å². The maximum atomic E-state index is 14.4. The van der Waals surface area contributed by atoms with E-state index in [9.17, 15) is 17.6 Å². The molecule has 0 aliphatic rings. The van der Waals surface area contributed by atoms with Gasteiger partial charge in [-0.1, -0.05) is 44.9 Å². The molecule has 0 unspecified atom stereocenters. The molecule has 2 rings (SSSR count). The molecule has 0 aliphatic carbocycles. The molecular weight excluding hydrogens is 441 g/mol. The fourth-order valence-electron chi connectivity index (χ4n) is 2.66. The number of amides is 1. The highest BCUT2D eigenvalue weighted by atomic mass is 35.5. The number of carbonyl (C=O) groups excluding carboxylic acids is 1. The number of rotatable bonds is 6. The summed E-state index contributed by atoms with van der Waals surface area (Å²) in [4.78, 5) is 16.9. The molecule has 1 amide bonds. The van der Waals surface area contributed by atoms with Crippen LogP contribution in [0.1, 0.15) is 43.2 Å². The van der Waals surface area contributed by atoms with Gasteiger partial charge in [0.15, 0.2) is 0 Å². The van der Waals surface area contributed by atoms with Crippen LogP contribution in [0.15, 0.2) is 30.8 Å². The number of sulfonamides is 1. The van der Waals surface area contributed by atoms with Crippen molar-refractivity contribution in [2.75, 3.05) is 11.0 Å². The molecule has 0 radical (unpaired) electrons. The fourth-order valence-corrected chi connectivity index (χ4v) is 3.50. The molecule has 2 aromatic rings. The van der Waals surface area contributed by atoms with Crippen LogP contribution in [0.25, 0.3) is 5.57 Å². The molecule has 6 nitrogen and oxygen atoms in total. The molecule has 1 aromatic carbocycles. The van der Waals surface area contributed by atoms with Gasteiger partial charge in [0.2, 0.25) is 10.0 Å². The highest BCUT2D eigenvalue weighted by Gasteiger charge is 2.20. The second-order valence-electron chi connectivity index (χ2n) is 7.96. The Bertz CT molecular complexity index is 1200.